The molecule has 0 heterocycles. The summed E-state index contributed by atoms with van der Waals surface area (Å²) in [5.74, 6) is 2.18. The number of fused-ring (bicyclic) bond motifs is 3. The van der Waals surface area contributed by atoms with Gasteiger partial charge in [-0.05, 0) is 67.9 Å². The van der Waals surface area contributed by atoms with Crippen LogP contribution in [0.15, 0.2) is 22.1 Å². The molecule has 3 aliphatic rings. The molecule has 0 aromatic heterocycles. The van der Waals surface area contributed by atoms with Crippen molar-refractivity contribution in [3.63, 3.8) is 0 Å². The zero-order chi connectivity index (χ0) is 18.2. The molecule has 0 amide bonds. The summed E-state index contributed by atoms with van der Waals surface area (Å²) in [7, 11) is 0. The van der Waals surface area contributed by atoms with Crippen molar-refractivity contribution in [1.29, 1.82) is 0 Å². The number of rotatable bonds is 5. The maximum atomic E-state index is 13.3. The molecule has 0 saturated heterocycles. The van der Waals surface area contributed by atoms with Gasteiger partial charge in [-0.1, -0.05) is 38.8 Å². The van der Waals surface area contributed by atoms with Crippen molar-refractivity contribution in [3.8, 4) is 0 Å². The molecular weight excluding hydrogens is 328 g/mol. The molecule has 2 nitrogen and oxygen atoms in total. The van der Waals surface area contributed by atoms with E-state index in [-0.39, 0.29) is 16.7 Å². The van der Waals surface area contributed by atoms with Crippen molar-refractivity contribution in [2.24, 2.45) is 22.7 Å². The SMILES string of the molecule is CCCS/C=C1\CC[C@@H]2C3=C(C(C)C)CC[C@]3(C=O)CC[C@@]2(C)C1=O. The van der Waals surface area contributed by atoms with Crippen LogP contribution in [0.3, 0.4) is 0 Å². The van der Waals surface area contributed by atoms with Crippen LogP contribution in [0, 0.1) is 22.7 Å². The molecule has 138 valence electrons. The largest absolute Gasteiger partial charge is 0.302 e. The number of hydrogen-bond acceptors (Lipinski definition) is 3. The van der Waals surface area contributed by atoms with Crippen LogP contribution in [0.1, 0.15) is 72.6 Å². The first-order valence-electron chi connectivity index (χ1n) is 9.95. The van der Waals surface area contributed by atoms with Crippen molar-refractivity contribution >= 4 is 23.8 Å². The second-order valence-corrected chi connectivity index (χ2v) is 9.70. The summed E-state index contributed by atoms with van der Waals surface area (Å²) in [4.78, 5) is 25.4. The van der Waals surface area contributed by atoms with Gasteiger partial charge in [0.1, 0.15) is 6.29 Å². The van der Waals surface area contributed by atoms with Gasteiger partial charge in [-0.15, -0.1) is 11.8 Å². The first-order chi connectivity index (χ1) is 11.9. The smallest absolute Gasteiger partial charge is 0.165 e. The normalized spacial score (nSPS) is 36.8. The zero-order valence-electron chi connectivity index (χ0n) is 16.2. The summed E-state index contributed by atoms with van der Waals surface area (Å²) in [6.45, 7) is 8.83. The van der Waals surface area contributed by atoms with Gasteiger partial charge in [-0.25, -0.2) is 0 Å². The first-order valence-corrected chi connectivity index (χ1v) is 11.0. The van der Waals surface area contributed by atoms with E-state index < -0.39 is 0 Å². The Morgan fingerprint density at radius 1 is 1.24 bits per heavy atom. The topological polar surface area (TPSA) is 34.1 Å². The van der Waals surface area contributed by atoms with Crippen molar-refractivity contribution in [1.82, 2.24) is 0 Å². The molecule has 0 aromatic carbocycles. The van der Waals surface area contributed by atoms with Crippen LogP contribution in [-0.4, -0.2) is 17.8 Å². The third kappa shape index (κ3) is 2.97. The Morgan fingerprint density at radius 2 is 2.00 bits per heavy atom. The third-order valence-electron chi connectivity index (χ3n) is 6.91. The molecule has 0 bridgehead atoms. The summed E-state index contributed by atoms with van der Waals surface area (Å²) in [5.41, 5.74) is 3.31. The summed E-state index contributed by atoms with van der Waals surface area (Å²) in [5, 5.41) is 2.13. The molecule has 3 atom stereocenters. The fraction of sp³-hybridized carbons (Fsp3) is 0.727. The molecule has 25 heavy (non-hydrogen) atoms. The Labute approximate surface area is 156 Å². The van der Waals surface area contributed by atoms with Crippen molar-refractivity contribution in [2.75, 3.05) is 5.75 Å². The van der Waals surface area contributed by atoms with E-state index in [9.17, 15) is 9.59 Å². The van der Waals surface area contributed by atoms with E-state index in [1.807, 2.05) is 0 Å². The van der Waals surface area contributed by atoms with E-state index in [0.717, 1.165) is 56.3 Å². The van der Waals surface area contributed by atoms with Gasteiger partial charge >= 0.3 is 0 Å². The van der Waals surface area contributed by atoms with E-state index >= 15 is 0 Å². The van der Waals surface area contributed by atoms with Gasteiger partial charge in [0.05, 0.1) is 0 Å². The highest BCUT2D eigenvalue weighted by atomic mass is 32.2. The quantitative estimate of drug-likeness (QED) is 0.272. The van der Waals surface area contributed by atoms with Crippen LogP contribution in [0.5, 0.6) is 0 Å². The van der Waals surface area contributed by atoms with Crippen LogP contribution in [0.25, 0.3) is 0 Å². The van der Waals surface area contributed by atoms with Gasteiger partial charge < -0.3 is 4.79 Å². The van der Waals surface area contributed by atoms with Gasteiger partial charge in [-0.2, -0.15) is 0 Å². The predicted molar refractivity (Wildman–Crippen MR) is 105 cm³/mol. The van der Waals surface area contributed by atoms with Gasteiger partial charge in [-0.3, -0.25) is 4.79 Å². The van der Waals surface area contributed by atoms with Gasteiger partial charge in [0.2, 0.25) is 0 Å². The van der Waals surface area contributed by atoms with Crippen LogP contribution in [-0.2, 0) is 9.59 Å². The molecule has 0 N–H and O–H groups in total. The lowest BCUT2D eigenvalue weighted by molar-refractivity contribution is -0.133. The number of allylic oxidation sites excluding steroid dienone is 3. The maximum Gasteiger partial charge on any atom is 0.165 e. The zero-order valence-corrected chi connectivity index (χ0v) is 17.0. The molecule has 0 aliphatic heterocycles. The van der Waals surface area contributed by atoms with E-state index in [1.165, 1.54) is 17.4 Å². The fourth-order valence-corrected chi connectivity index (χ4v) is 6.22. The molecule has 3 heteroatoms. The molecule has 0 unspecified atom stereocenters. The molecule has 0 aromatic rings. The van der Waals surface area contributed by atoms with Crippen LogP contribution < -0.4 is 0 Å². The van der Waals surface area contributed by atoms with Crippen molar-refractivity contribution < 1.29 is 9.59 Å². The Balaban J connectivity index is 1.98. The van der Waals surface area contributed by atoms with Crippen LogP contribution in [0.2, 0.25) is 0 Å². The minimum absolute atomic E-state index is 0.262. The maximum absolute atomic E-state index is 13.3. The molecule has 0 radical (unpaired) electrons. The predicted octanol–water partition coefficient (Wildman–Crippen LogP) is 5.72. The fourth-order valence-electron chi connectivity index (χ4n) is 5.44. The Hall–Kier alpha value is -0.830. The minimum Gasteiger partial charge on any atom is -0.302 e. The van der Waals surface area contributed by atoms with E-state index in [0.29, 0.717) is 11.7 Å². The summed E-state index contributed by atoms with van der Waals surface area (Å²) < 4.78 is 0. The van der Waals surface area contributed by atoms with E-state index in [4.69, 9.17) is 0 Å². The summed E-state index contributed by atoms with van der Waals surface area (Å²) in [6.07, 6.45) is 7.99. The standard InChI is InChI=1S/C22H32O2S/c1-5-12-25-13-16-6-7-18-19-17(15(2)3)8-9-22(19,14-23)11-10-21(18,4)20(16)24/h13-15,18H,5-12H2,1-4H3/b16-13+/t18-,21-,22-/m1/s1. The Morgan fingerprint density at radius 3 is 2.64 bits per heavy atom. The number of carbonyl (C=O) groups is 2. The lowest BCUT2D eigenvalue weighted by atomic mass is 9.51. The number of aldehydes is 1. The average Bonchev–Trinajstić information content (AvgIpc) is 2.98. The van der Waals surface area contributed by atoms with Crippen molar-refractivity contribution in [2.45, 2.75) is 72.6 Å². The third-order valence-corrected chi connectivity index (χ3v) is 8.01. The minimum atomic E-state index is -0.302. The first kappa shape index (κ1) is 18.9. The Kier molecular flexibility index (Phi) is 5.35. The number of ketones is 1. The molecule has 3 aliphatic carbocycles. The van der Waals surface area contributed by atoms with Gasteiger partial charge in [0.15, 0.2) is 5.78 Å². The Bertz CT molecular complexity index is 630. The summed E-state index contributed by atoms with van der Waals surface area (Å²) >= 11 is 1.78. The average molecular weight is 361 g/mol. The van der Waals surface area contributed by atoms with E-state index in [1.54, 1.807) is 11.8 Å². The number of Topliss-reactive ketones (excluding diaryl/α,β-unsaturated/α-hetero) is 1. The van der Waals surface area contributed by atoms with Gasteiger partial charge in [0.25, 0.3) is 0 Å². The number of carbonyl (C=O) groups excluding carboxylic acids is 2. The second kappa shape index (κ2) is 7.06. The van der Waals surface area contributed by atoms with Gasteiger partial charge in [0, 0.05) is 16.4 Å². The van der Waals surface area contributed by atoms with E-state index in [2.05, 4.69) is 33.1 Å². The van der Waals surface area contributed by atoms with Crippen LogP contribution in [0.4, 0.5) is 0 Å². The number of thioether (sulfide) groups is 1. The molecule has 3 rings (SSSR count). The lowest BCUT2D eigenvalue weighted by Crippen LogP contribution is -2.49. The highest BCUT2D eigenvalue weighted by molar-refractivity contribution is 8.02. The lowest BCUT2D eigenvalue weighted by Gasteiger charge is -2.51. The molecule has 2 fully saturated rings. The van der Waals surface area contributed by atoms with Crippen molar-refractivity contribution in [3.05, 3.63) is 22.1 Å². The van der Waals surface area contributed by atoms with Crippen LogP contribution >= 0.6 is 11.8 Å². The molecule has 2 saturated carbocycles. The monoisotopic (exact) mass is 360 g/mol. The summed E-state index contributed by atoms with van der Waals surface area (Å²) in [6, 6.07) is 0. The highest BCUT2D eigenvalue weighted by Gasteiger charge is 2.57. The molecule has 0 spiro atoms. The second-order valence-electron chi connectivity index (χ2n) is 8.72. The molecular formula is C22H32O2S. The number of hydrogen-bond donors (Lipinski definition) is 0. The highest BCUT2D eigenvalue weighted by Crippen LogP contribution is 2.63.